The Morgan fingerprint density at radius 3 is 1.79 bits per heavy atom. The molecule has 2 aromatic carbocycles. The predicted octanol–water partition coefficient (Wildman–Crippen LogP) is 4.26. The molecule has 0 fully saturated rings. The molecular formula is C20H22O4. The highest BCUT2D eigenvalue weighted by atomic mass is 16.6. The topological polar surface area (TPSA) is 52.6 Å². The van der Waals surface area contributed by atoms with Gasteiger partial charge in [-0.05, 0) is 44.5 Å². The standard InChI is InChI=1S/C20H22O4/c1-4-17(23-18(21)15-11-7-5-8-12-15)20(2,3)24-19(22)16-13-9-6-10-14-16/h5-14,17H,4H2,1-3H3. The molecule has 1 atom stereocenters. The van der Waals surface area contributed by atoms with E-state index < -0.39 is 23.6 Å². The van der Waals surface area contributed by atoms with E-state index in [9.17, 15) is 9.59 Å². The van der Waals surface area contributed by atoms with Crippen LogP contribution in [-0.2, 0) is 9.47 Å². The largest absolute Gasteiger partial charge is 0.455 e. The zero-order valence-electron chi connectivity index (χ0n) is 14.2. The van der Waals surface area contributed by atoms with Gasteiger partial charge in [-0.25, -0.2) is 9.59 Å². The monoisotopic (exact) mass is 326 g/mol. The molecule has 126 valence electrons. The van der Waals surface area contributed by atoms with E-state index in [0.717, 1.165) is 0 Å². The van der Waals surface area contributed by atoms with Crippen molar-refractivity contribution in [2.24, 2.45) is 0 Å². The van der Waals surface area contributed by atoms with Crippen LogP contribution in [0.1, 0.15) is 47.9 Å². The summed E-state index contributed by atoms with van der Waals surface area (Å²) in [5.41, 5.74) is 0.00232. The van der Waals surface area contributed by atoms with Gasteiger partial charge < -0.3 is 9.47 Å². The Labute approximate surface area is 142 Å². The Morgan fingerprint density at radius 2 is 1.33 bits per heavy atom. The molecule has 24 heavy (non-hydrogen) atoms. The molecule has 0 aliphatic carbocycles. The summed E-state index contributed by atoms with van der Waals surface area (Å²) >= 11 is 0. The molecule has 0 heterocycles. The van der Waals surface area contributed by atoms with Crippen LogP contribution in [-0.4, -0.2) is 23.6 Å². The maximum absolute atomic E-state index is 12.3. The lowest BCUT2D eigenvalue weighted by Crippen LogP contribution is -2.43. The van der Waals surface area contributed by atoms with Crippen molar-refractivity contribution in [3.63, 3.8) is 0 Å². The Bertz CT molecular complexity index is 677. The molecule has 4 nitrogen and oxygen atoms in total. The van der Waals surface area contributed by atoms with Crippen LogP contribution in [0.15, 0.2) is 60.7 Å². The molecule has 0 aliphatic heterocycles. The number of ether oxygens (including phenoxy) is 2. The number of hydrogen-bond donors (Lipinski definition) is 0. The van der Waals surface area contributed by atoms with E-state index in [2.05, 4.69) is 0 Å². The summed E-state index contributed by atoms with van der Waals surface area (Å²) in [6.45, 7) is 5.39. The van der Waals surface area contributed by atoms with E-state index in [1.54, 1.807) is 62.4 Å². The van der Waals surface area contributed by atoms with Gasteiger partial charge in [-0.3, -0.25) is 0 Å². The second kappa shape index (κ2) is 7.77. The number of carbonyl (C=O) groups excluding carboxylic acids is 2. The lowest BCUT2D eigenvalue weighted by atomic mass is 9.98. The summed E-state index contributed by atoms with van der Waals surface area (Å²) in [4.78, 5) is 24.5. The fourth-order valence-electron chi connectivity index (χ4n) is 2.43. The van der Waals surface area contributed by atoms with Crippen molar-refractivity contribution in [2.75, 3.05) is 0 Å². The van der Waals surface area contributed by atoms with Crippen LogP contribution in [0.3, 0.4) is 0 Å². The third kappa shape index (κ3) is 4.44. The molecule has 1 unspecified atom stereocenters. The van der Waals surface area contributed by atoms with Crippen LogP contribution < -0.4 is 0 Å². The third-order valence-electron chi connectivity index (χ3n) is 3.77. The molecule has 0 bridgehead atoms. The number of benzene rings is 2. The molecule has 0 N–H and O–H groups in total. The fourth-order valence-corrected chi connectivity index (χ4v) is 2.43. The lowest BCUT2D eigenvalue weighted by molar-refractivity contribution is -0.0796. The van der Waals surface area contributed by atoms with Crippen molar-refractivity contribution in [1.82, 2.24) is 0 Å². The number of hydrogen-bond acceptors (Lipinski definition) is 4. The molecule has 0 aromatic heterocycles. The summed E-state index contributed by atoms with van der Waals surface area (Å²) in [6, 6.07) is 17.5. The van der Waals surface area contributed by atoms with Gasteiger partial charge in [0.2, 0.25) is 0 Å². The minimum Gasteiger partial charge on any atom is -0.455 e. The van der Waals surface area contributed by atoms with Crippen LogP contribution in [0.4, 0.5) is 0 Å². The first-order valence-electron chi connectivity index (χ1n) is 7.98. The summed E-state index contributed by atoms with van der Waals surface area (Å²) in [6.07, 6.45) is -0.00828. The smallest absolute Gasteiger partial charge is 0.338 e. The average Bonchev–Trinajstić information content (AvgIpc) is 2.60. The van der Waals surface area contributed by atoms with Gasteiger partial charge in [0.1, 0.15) is 11.7 Å². The van der Waals surface area contributed by atoms with E-state index >= 15 is 0 Å². The second-order valence-electron chi connectivity index (χ2n) is 6.03. The summed E-state index contributed by atoms with van der Waals surface area (Å²) in [7, 11) is 0. The number of esters is 2. The Kier molecular flexibility index (Phi) is 5.74. The predicted molar refractivity (Wildman–Crippen MR) is 91.9 cm³/mol. The maximum Gasteiger partial charge on any atom is 0.338 e. The van der Waals surface area contributed by atoms with Crippen molar-refractivity contribution in [3.8, 4) is 0 Å². The van der Waals surface area contributed by atoms with Crippen LogP contribution in [0.2, 0.25) is 0 Å². The van der Waals surface area contributed by atoms with Crippen molar-refractivity contribution < 1.29 is 19.1 Å². The van der Waals surface area contributed by atoms with E-state index in [1.165, 1.54) is 0 Å². The van der Waals surface area contributed by atoms with Crippen LogP contribution >= 0.6 is 0 Å². The maximum atomic E-state index is 12.3. The molecule has 2 rings (SSSR count). The Hall–Kier alpha value is -2.62. The Morgan fingerprint density at radius 1 is 0.875 bits per heavy atom. The van der Waals surface area contributed by atoms with Gasteiger partial charge in [-0.2, -0.15) is 0 Å². The molecule has 0 radical (unpaired) electrons. The first-order valence-corrected chi connectivity index (χ1v) is 7.98. The average molecular weight is 326 g/mol. The van der Waals surface area contributed by atoms with Gasteiger partial charge in [0.25, 0.3) is 0 Å². The molecule has 0 spiro atoms. The van der Waals surface area contributed by atoms with Gasteiger partial charge in [0.15, 0.2) is 0 Å². The number of carbonyl (C=O) groups is 2. The molecule has 2 aromatic rings. The van der Waals surface area contributed by atoms with Crippen LogP contribution in [0, 0.1) is 0 Å². The SMILES string of the molecule is CCC(OC(=O)c1ccccc1)C(C)(C)OC(=O)c1ccccc1. The third-order valence-corrected chi connectivity index (χ3v) is 3.77. The zero-order chi connectivity index (χ0) is 17.6. The van der Waals surface area contributed by atoms with Crippen molar-refractivity contribution in [2.45, 2.75) is 38.9 Å². The van der Waals surface area contributed by atoms with Gasteiger partial charge >= 0.3 is 11.9 Å². The van der Waals surface area contributed by atoms with E-state index in [1.807, 2.05) is 19.1 Å². The van der Waals surface area contributed by atoms with E-state index in [-0.39, 0.29) is 0 Å². The van der Waals surface area contributed by atoms with E-state index in [4.69, 9.17) is 9.47 Å². The molecule has 0 aliphatic rings. The Balaban J connectivity index is 2.07. The second-order valence-corrected chi connectivity index (χ2v) is 6.03. The zero-order valence-corrected chi connectivity index (χ0v) is 14.2. The molecule has 4 heteroatoms. The normalized spacial score (nSPS) is 12.3. The highest BCUT2D eigenvalue weighted by Crippen LogP contribution is 2.24. The van der Waals surface area contributed by atoms with Crippen LogP contribution in [0.25, 0.3) is 0 Å². The van der Waals surface area contributed by atoms with Gasteiger partial charge in [0, 0.05) is 0 Å². The highest BCUT2D eigenvalue weighted by Gasteiger charge is 2.35. The van der Waals surface area contributed by atoms with Crippen LogP contribution in [0.5, 0.6) is 0 Å². The highest BCUT2D eigenvalue weighted by molar-refractivity contribution is 5.90. The van der Waals surface area contributed by atoms with Crippen molar-refractivity contribution in [3.05, 3.63) is 71.8 Å². The van der Waals surface area contributed by atoms with Gasteiger partial charge in [-0.15, -0.1) is 0 Å². The number of rotatable bonds is 6. The quantitative estimate of drug-likeness (QED) is 0.744. The van der Waals surface area contributed by atoms with Gasteiger partial charge in [0.05, 0.1) is 11.1 Å². The summed E-state index contributed by atoms with van der Waals surface area (Å²) in [5.74, 6) is -0.860. The molecular weight excluding hydrogens is 304 g/mol. The minimum absolute atomic E-state index is 0.425. The fraction of sp³-hybridized carbons (Fsp3) is 0.300. The molecule has 0 amide bonds. The lowest BCUT2D eigenvalue weighted by Gasteiger charge is -2.33. The molecule has 0 saturated carbocycles. The minimum atomic E-state index is -0.938. The van der Waals surface area contributed by atoms with Crippen molar-refractivity contribution in [1.29, 1.82) is 0 Å². The first-order chi connectivity index (χ1) is 11.4. The first kappa shape index (κ1) is 17.7. The molecule has 0 saturated heterocycles. The van der Waals surface area contributed by atoms with Gasteiger partial charge in [-0.1, -0.05) is 43.3 Å². The van der Waals surface area contributed by atoms with E-state index in [0.29, 0.717) is 17.5 Å². The summed E-state index contributed by atoms with van der Waals surface area (Å²) in [5, 5.41) is 0. The van der Waals surface area contributed by atoms with Crippen molar-refractivity contribution >= 4 is 11.9 Å². The summed E-state index contributed by atoms with van der Waals surface area (Å²) < 4.78 is 11.2.